The number of hydrogen-bond acceptors (Lipinski definition) is 3. The standard InChI is InChI=1S/C15H19N3S/c1-11-13(8-17-18(11)2)7-16-15-10-19-9-12-5-3-4-6-14(12)15/h3-6,8,15-16H,7,9-10H2,1-2H3. The fourth-order valence-corrected chi connectivity index (χ4v) is 3.64. The molecule has 1 aromatic heterocycles. The second-order valence-corrected chi connectivity index (χ2v) is 6.06. The van der Waals surface area contributed by atoms with Gasteiger partial charge in [-0.25, -0.2) is 0 Å². The highest BCUT2D eigenvalue weighted by atomic mass is 32.2. The van der Waals surface area contributed by atoms with Gasteiger partial charge in [-0.15, -0.1) is 0 Å². The highest BCUT2D eigenvalue weighted by Crippen LogP contribution is 2.31. The van der Waals surface area contributed by atoms with Crippen LogP contribution in [0.15, 0.2) is 30.5 Å². The van der Waals surface area contributed by atoms with E-state index in [-0.39, 0.29) is 0 Å². The molecule has 3 nitrogen and oxygen atoms in total. The molecule has 1 aliphatic heterocycles. The fraction of sp³-hybridized carbons (Fsp3) is 0.400. The Morgan fingerprint density at radius 1 is 1.42 bits per heavy atom. The minimum absolute atomic E-state index is 0.453. The van der Waals surface area contributed by atoms with Crippen molar-refractivity contribution in [3.63, 3.8) is 0 Å². The summed E-state index contributed by atoms with van der Waals surface area (Å²) < 4.78 is 1.93. The molecule has 100 valence electrons. The first kappa shape index (κ1) is 12.8. The van der Waals surface area contributed by atoms with Crippen molar-refractivity contribution in [2.75, 3.05) is 5.75 Å². The van der Waals surface area contributed by atoms with Gasteiger partial charge in [-0.05, 0) is 18.1 Å². The molecule has 0 spiro atoms. The third-order valence-electron chi connectivity index (χ3n) is 3.85. The van der Waals surface area contributed by atoms with Crippen LogP contribution in [0.3, 0.4) is 0 Å². The van der Waals surface area contributed by atoms with Crippen molar-refractivity contribution >= 4 is 11.8 Å². The van der Waals surface area contributed by atoms with Crippen LogP contribution in [-0.4, -0.2) is 15.5 Å². The summed E-state index contributed by atoms with van der Waals surface area (Å²) in [5.41, 5.74) is 5.46. The van der Waals surface area contributed by atoms with Gasteiger partial charge in [-0.3, -0.25) is 4.68 Å². The van der Waals surface area contributed by atoms with E-state index in [0.29, 0.717) is 6.04 Å². The molecule has 1 aliphatic rings. The maximum absolute atomic E-state index is 4.30. The van der Waals surface area contributed by atoms with E-state index < -0.39 is 0 Å². The molecular formula is C15H19N3S. The van der Waals surface area contributed by atoms with Gasteiger partial charge in [-0.2, -0.15) is 16.9 Å². The predicted octanol–water partition coefficient (Wildman–Crippen LogP) is 2.81. The molecule has 2 heterocycles. The van der Waals surface area contributed by atoms with Crippen molar-refractivity contribution in [1.29, 1.82) is 0 Å². The van der Waals surface area contributed by atoms with Crippen molar-refractivity contribution in [3.05, 3.63) is 52.8 Å². The monoisotopic (exact) mass is 273 g/mol. The second-order valence-electron chi connectivity index (χ2n) is 5.03. The lowest BCUT2D eigenvalue weighted by atomic mass is 10.0. The van der Waals surface area contributed by atoms with Crippen LogP contribution in [0.2, 0.25) is 0 Å². The van der Waals surface area contributed by atoms with Gasteiger partial charge in [-0.1, -0.05) is 24.3 Å². The van der Waals surface area contributed by atoms with E-state index in [9.17, 15) is 0 Å². The largest absolute Gasteiger partial charge is 0.305 e. The maximum atomic E-state index is 4.30. The summed E-state index contributed by atoms with van der Waals surface area (Å²) in [7, 11) is 1.99. The van der Waals surface area contributed by atoms with Gasteiger partial charge in [0.1, 0.15) is 0 Å². The molecule has 2 aromatic rings. The first-order valence-corrected chi connectivity index (χ1v) is 7.77. The molecule has 1 unspecified atom stereocenters. The Morgan fingerprint density at radius 2 is 2.26 bits per heavy atom. The van der Waals surface area contributed by atoms with Crippen LogP contribution in [0, 0.1) is 6.92 Å². The molecule has 0 amide bonds. The first-order chi connectivity index (χ1) is 9.25. The molecule has 0 radical (unpaired) electrons. The van der Waals surface area contributed by atoms with Crippen molar-refractivity contribution in [2.24, 2.45) is 7.05 Å². The molecule has 1 atom stereocenters. The van der Waals surface area contributed by atoms with E-state index in [2.05, 4.69) is 41.6 Å². The second kappa shape index (κ2) is 5.39. The van der Waals surface area contributed by atoms with Crippen molar-refractivity contribution in [3.8, 4) is 0 Å². The quantitative estimate of drug-likeness (QED) is 0.932. The lowest BCUT2D eigenvalue weighted by Gasteiger charge is -2.26. The van der Waals surface area contributed by atoms with Crippen LogP contribution >= 0.6 is 11.8 Å². The minimum atomic E-state index is 0.453. The maximum Gasteiger partial charge on any atom is 0.0537 e. The van der Waals surface area contributed by atoms with Gasteiger partial charge in [0, 0.05) is 42.4 Å². The molecule has 1 aromatic carbocycles. The number of aromatic nitrogens is 2. The van der Waals surface area contributed by atoms with E-state index >= 15 is 0 Å². The molecule has 3 rings (SSSR count). The Balaban J connectivity index is 1.73. The third-order valence-corrected chi connectivity index (χ3v) is 4.93. The fourth-order valence-electron chi connectivity index (χ4n) is 2.50. The molecule has 4 heteroatoms. The number of benzene rings is 1. The first-order valence-electron chi connectivity index (χ1n) is 6.62. The predicted molar refractivity (Wildman–Crippen MR) is 80.1 cm³/mol. The zero-order chi connectivity index (χ0) is 13.2. The third kappa shape index (κ3) is 2.55. The summed E-state index contributed by atoms with van der Waals surface area (Å²) in [5.74, 6) is 2.29. The summed E-state index contributed by atoms with van der Waals surface area (Å²) in [4.78, 5) is 0. The van der Waals surface area contributed by atoms with Crippen LogP contribution in [0.5, 0.6) is 0 Å². The molecule has 0 saturated heterocycles. The van der Waals surface area contributed by atoms with Crippen LogP contribution in [0.1, 0.15) is 28.4 Å². The van der Waals surface area contributed by atoms with Crippen molar-refractivity contribution in [2.45, 2.75) is 25.3 Å². The van der Waals surface area contributed by atoms with Crippen LogP contribution in [-0.2, 0) is 19.3 Å². The van der Waals surface area contributed by atoms with Gasteiger partial charge < -0.3 is 5.32 Å². The zero-order valence-electron chi connectivity index (χ0n) is 11.4. The summed E-state index contributed by atoms with van der Waals surface area (Å²) in [6.07, 6.45) is 1.96. The smallest absolute Gasteiger partial charge is 0.0537 e. The molecule has 19 heavy (non-hydrogen) atoms. The van der Waals surface area contributed by atoms with Gasteiger partial charge in [0.25, 0.3) is 0 Å². The van der Waals surface area contributed by atoms with Crippen LogP contribution < -0.4 is 5.32 Å². The van der Waals surface area contributed by atoms with Crippen LogP contribution in [0.25, 0.3) is 0 Å². The normalized spacial score (nSPS) is 18.3. The summed E-state index contributed by atoms with van der Waals surface area (Å²) in [6.45, 7) is 3.01. The molecule has 1 N–H and O–H groups in total. The number of fused-ring (bicyclic) bond motifs is 1. The highest BCUT2D eigenvalue weighted by Gasteiger charge is 2.19. The van der Waals surface area contributed by atoms with Gasteiger partial charge in [0.2, 0.25) is 0 Å². The number of rotatable bonds is 3. The lowest BCUT2D eigenvalue weighted by molar-refractivity contribution is 0.573. The minimum Gasteiger partial charge on any atom is -0.305 e. The highest BCUT2D eigenvalue weighted by molar-refractivity contribution is 7.98. The average molecular weight is 273 g/mol. The molecular weight excluding hydrogens is 254 g/mol. The van der Waals surface area contributed by atoms with Gasteiger partial charge >= 0.3 is 0 Å². The Morgan fingerprint density at radius 3 is 3.05 bits per heavy atom. The molecule has 0 bridgehead atoms. The molecule has 0 fully saturated rings. The Kier molecular flexibility index (Phi) is 3.62. The molecule has 0 saturated carbocycles. The Labute approximate surface area is 118 Å². The number of thioether (sulfide) groups is 1. The van der Waals surface area contributed by atoms with Crippen molar-refractivity contribution in [1.82, 2.24) is 15.1 Å². The summed E-state index contributed by atoms with van der Waals surface area (Å²) in [5, 5.41) is 7.97. The summed E-state index contributed by atoms with van der Waals surface area (Å²) in [6, 6.07) is 9.22. The lowest BCUT2D eigenvalue weighted by Crippen LogP contribution is -2.26. The van der Waals surface area contributed by atoms with Gasteiger partial charge in [0.05, 0.1) is 6.20 Å². The Hall–Kier alpha value is -1.26. The van der Waals surface area contributed by atoms with E-state index in [1.807, 2.05) is 29.7 Å². The van der Waals surface area contributed by atoms with Crippen molar-refractivity contribution < 1.29 is 0 Å². The van der Waals surface area contributed by atoms with E-state index in [1.54, 1.807) is 0 Å². The number of aryl methyl sites for hydroxylation is 1. The van der Waals surface area contributed by atoms with E-state index in [4.69, 9.17) is 0 Å². The topological polar surface area (TPSA) is 29.9 Å². The zero-order valence-corrected chi connectivity index (χ0v) is 12.2. The average Bonchev–Trinajstić information content (AvgIpc) is 2.76. The van der Waals surface area contributed by atoms with Gasteiger partial charge in [0.15, 0.2) is 0 Å². The van der Waals surface area contributed by atoms with Crippen LogP contribution in [0.4, 0.5) is 0 Å². The molecule has 0 aliphatic carbocycles. The number of hydrogen-bond donors (Lipinski definition) is 1. The number of nitrogens with zero attached hydrogens (tertiary/aromatic N) is 2. The Bertz CT molecular complexity index is 577. The number of nitrogens with one attached hydrogen (secondary N) is 1. The summed E-state index contributed by atoms with van der Waals surface area (Å²) >= 11 is 2.01. The van der Waals surface area contributed by atoms with E-state index in [1.165, 1.54) is 22.4 Å². The van der Waals surface area contributed by atoms with E-state index in [0.717, 1.165) is 18.1 Å². The SMILES string of the molecule is Cc1c(CNC2CSCc3ccccc32)cnn1C.